The second kappa shape index (κ2) is 7.67. The first-order chi connectivity index (χ1) is 13.6. The smallest absolute Gasteiger partial charge is 0.327 e. The van der Waals surface area contributed by atoms with E-state index in [0.717, 1.165) is 23.5 Å². The Morgan fingerprint density at radius 1 is 1.32 bits per heavy atom. The number of nitrogens with one attached hydrogen (secondary N) is 1. The van der Waals surface area contributed by atoms with Crippen LogP contribution in [0.25, 0.3) is 0 Å². The van der Waals surface area contributed by atoms with Crippen molar-refractivity contribution in [3.05, 3.63) is 60.3 Å². The third-order valence-corrected chi connectivity index (χ3v) is 4.82. The first kappa shape index (κ1) is 18.0. The van der Waals surface area contributed by atoms with Crippen LogP contribution in [-0.2, 0) is 13.5 Å². The minimum Gasteiger partial charge on any atom is -0.488 e. The third kappa shape index (κ3) is 3.66. The molecule has 1 aliphatic heterocycles. The number of hydrogen-bond acceptors (Lipinski definition) is 5. The lowest BCUT2D eigenvalue weighted by Gasteiger charge is -2.28. The zero-order valence-corrected chi connectivity index (χ0v) is 15.9. The van der Waals surface area contributed by atoms with Crippen molar-refractivity contribution in [3.63, 3.8) is 0 Å². The fourth-order valence-corrected chi connectivity index (χ4v) is 3.25. The van der Waals surface area contributed by atoms with E-state index in [1.807, 2.05) is 35.9 Å². The number of hydrogen-bond donors (Lipinski definition) is 1. The number of aryl methyl sites for hydroxylation is 1. The van der Waals surface area contributed by atoms with Gasteiger partial charge in [0.15, 0.2) is 11.6 Å². The van der Waals surface area contributed by atoms with Crippen LogP contribution in [0.4, 0.5) is 16.3 Å². The molecular formula is C20H22N6O2. The van der Waals surface area contributed by atoms with Crippen molar-refractivity contribution in [3.8, 4) is 5.75 Å². The molecular weight excluding hydrogens is 356 g/mol. The number of carbonyl (C=O) groups is 1. The summed E-state index contributed by atoms with van der Waals surface area (Å²) in [6.07, 6.45) is 4.13. The largest absolute Gasteiger partial charge is 0.488 e. The highest BCUT2D eigenvalue weighted by Crippen LogP contribution is 2.29. The van der Waals surface area contributed by atoms with Crippen molar-refractivity contribution in [1.29, 1.82) is 0 Å². The maximum atomic E-state index is 12.8. The molecule has 8 nitrogen and oxygen atoms in total. The maximum Gasteiger partial charge on any atom is 0.327 e. The van der Waals surface area contributed by atoms with E-state index in [9.17, 15) is 4.79 Å². The van der Waals surface area contributed by atoms with E-state index in [4.69, 9.17) is 4.74 Å². The molecule has 0 fully saturated rings. The van der Waals surface area contributed by atoms with E-state index in [1.165, 1.54) is 0 Å². The first-order valence-corrected chi connectivity index (χ1v) is 9.21. The Kier molecular flexibility index (Phi) is 4.92. The number of amides is 2. The molecule has 0 saturated carbocycles. The van der Waals surface area contributed by atoms with Gasteiger partial charge in [-0.2, -0.15) is 0 Å². The number of aromatic nitrogens is 4. The SMILES string of the molecule is CC(Cc1nncn1C)c1cccc(NC(=O)N2CCOc3cccnc32)c1. The molecule has 0 spiro atoms. The second-order valence-electron chi connectivity index (χ2n) is 6.84. The van der Waals surface area contributed by atoms with Crippen molar-refractivity contribution < 1.29 is 9.53 Å². The van der Waals surface area contributed by atoms with Crippen molar-refractivity contribution in [2.75, 3.05) is 23.4 Å². The maximum absolute atomic E-state index is 12.8. The summed E-state index contributed by atoms with van der Waals surface area (Å²) in [6, 6.07) is 11.3. The van der Waals surface area contributed by atoms with E-state index in [2.05, 4.69) is 33.5 Å². The van der Waals surface area contributed by atoms with Gasteiger partial charge in [0.1, 0.15) is 18.8 Å². The Hall–Kier alpha value is -3.42. The number of urea groups is 1. The van der Waals surface area contributed by atoms with Crippen molar-refractivity contribution in [2.24, 2.45) is 7.05 Å². The van der Waals surface area contributed by atoms with Crippen LogP contribution >= 0.6 is 0 Å². The summed E-state index contributed by atoms with van der Waals surface area (Å²) in [5, 5.41) is 11.1. The molecule has 8 heteroatoms. The van der Waals surface area contributed by atoms with Gasteiger partial charge in [0.25, 0.3) is 0 Å². The third-order valence-electron chi connectivity index (χ3n) is 4.82. The summed E-state index contributed by atoms with van der Waals surface area (Å²) < 4.78 is 7.49. The molecule has 2 amide bonds. The van der Waals surface area contributed by atoms with Gasteiger partial charge in [-0.1, -0.05) is 19.1 Å². The van der Waals surface area contributed by atoms with Gasteiger partial charge in [-0.15, -0.1) is 10.2 Å². The molecule has 4 rings (SSSR count). The van der Waals surface area contributed by atoms with Crippen LogP contribution < -0.4 is 15.0 Å². The Morgan fingerprint density at radius 3 is 3.04 bits per heavy atom. The van der Waals surface area contributed by atoms with Crippen LogP contribution in [0.3, 0.4) is 0 Å². The number of ether oxygens (including phenoxy) is 1. The number of fused-ring (bicyclic) bond motifs is 1. The molecule has 2 aromatic heterocycles. The molecule has 0 radical (unpaired) electrons. The zero-order valence-electron chi connectivity index (χ0n) is 15.9. The van der Waals surface area contributed by atoms with Crippen LogP contribution in [0, 0.1) is 0 Å². The van der Waals surface area contributed by atoms with Crippen molar-refractivity contribution >= 4 is 17.5 Å². The molecule has 1 N–H and O–H groups in total. The number of carbonyl (C=O) groups excluding carboxylic acids is 1. The lowest BCUT2D eigenvalue weighted by molar-refractivity contribution is 0.249. The summed E-state index contributed by atoms with van der Waals surface area (Å²) in [4.78, 5) is 18.7. The monoisotopic (exact) mass is 378 g/mol. The lowest BCUT2D eigenvalue weighted by Crippen LogP contribution is -2.41. The molecule has 0 saturated heterocycles. The minimum atomic E-state index is -0.221. The van der Waals surface area contributed by atoms with Crippen LogP contribution in [0.1, 0.15) is 24.2 Å². The average molecular weight is 378 g/mol. The van der Waals surface area contributed by atoms with Gasteiger partial charge >= 0.3 is 6.03 Å². The number of pyridine rings is 1. The van der Waals surface area contributed by atoms with Gasteiger partial charge in [-0.05, 0) is 35.7 Å². The Bertz CT molecular complexity index is 986. The van der Waals surface area contributed by atoms with Crippen LogP contribution in [0.2, 0.25) is 0 Å². The average Bonchev–Trinajstić information content (AvgIpc) is 3.12. The fourth-order valence-electron chi connectivity index (χ4n) is 3.25. The van der Waals surface area contributed by atoms with Gasteiger partial charge < -0.3 is 14.6 Å². The van der Waals surface area contributed by atoms with E-state index in [-0.39, 0.29) is 11.9 Å². The topological polar surface area (TPSA) is 85.2 Å². The number of anilines is 2. The molecule has 28 heavy (non-hydrogen) atoms. The van der Waals surface area contributed by atoms with Gasteiger partial charge in [0.2, 0.25) is 0 Å². The summed E-state index contributed by atoms with van der Waals surface area (Å²) in [5.74, 6) is 2.33. The minimum absolute atomic E-state index is 0.221. The molecule has 3 heterocycles. The van der Waals surface area contributed by atoms with Crippen LogP contribution in [0.15, 0.2) is 48.9 Å². The Balaban J connectivity index is 1.48. The van der Waals surface area contributed by atoms with Gasteiger partial charge in [0.05, 0.1) is 6.54 Å². The van der Waals surface area contributed by atoms with Crippen molar-refractivity contribution in [1.82, 2.24) is 19.7 Å². The fraction of sp³-hybridized carbons (Fsp3) is 0.300. The molecule has 1 aromatic carbocycles. The summed E-state index contributed by atoms with van der Waals surface area (Å²) >= 11 is 0. The standard InChI is InChI=1S/C20H22N6O2/c1-14(11-18-24-22-13-25(18)2)15-5-3-6-16(12-15)23-20(27)26-9-10-28-17-7-4-8-21-19(17)26/h3-8,12-14H,9-11H2,1-2H3,(H,23,27). The highest BCUT2D eigenvalue weighted by atomic mass is 16.5. The van der Waals surface area contributed by atoms with Gasteiger partial charge in [-0.25, -0.2) is 9.78 Å². The van der Waals surface area contributed by atoms with Gasteiger partial charge in [-0.3, -0.25) is 4.90 Å². The molecule has 1 unspecified atom stereocenters. The highest BCUT2D eigenvalue weighted by molar-refractivity contribution is 6.02. The molecule has 1 aliphatic rings. The molecule has 3 aromatic rings. The summed E-state index contributed by atoms with van der Waals surface area (Å²) in [6.45, 7) is 3.04. The van der Waals surface area contributed by atoms with Crippen molar-refractivity contribution in [2.45, 2.75) is 19.3 Å². The predicted molar refractivity (Wildman–Crippen MR) is 106 cm³/mol. The lowest BCUT2D eigenvalue weighted by atomic mass is 9.97. The number of rotatable bonds is 4. The van der Waals surface area contributed by atoms with E-state index < -0.39 is 0 Å². The quantitative estimate of drug-likeness (QED) is 0.754. The summed E-state index contributed by atoms with van der Waals surface area (Å²) in [7, 11) is 1.94. The first-order valence-electron chi connectivity index (χ1n) is 9.21. The molecule has 144 valence electrons. The van der Waals surface area contributed by atoms with Crippen LogP contribution in [-0.4, -0.2) is 38.9 Å². The van der Waals surface area contributed by atoms with E-state index >= 15 is 0 Å². The normalized spacial score (nSPS) is 14.1. The predicted octanol–water partition coefficient (Wildman–Crippen LogP) is 2.99. The molecule has 0 bridgehead atoms. The second-order valence-corrected chi connectivity index (χ2v) is 6.84. The molecule has 1 atom stereocenters. The zero-order chi connectivity index (χ0) is 19.5. The summed E-state index contributed by atoms with van der Waals surface area (Å²) in [5.41, 5.74) is 1.87. The van der Waals surface area contributed by atoms with E-state index in [1.54, 1.807) is 23.5 Å². The molecule has 0 aliphatic carbocycles. The Morgan fingerprint density at radius 2 is 2.21 bits per heavy atom. The van der Waals surface area contributed by atoms with Gasteiger partial charge in [0, 0.05) is 25.4 Å². The Labute approximate surface area is 163 Å². The highest BCUT2D eigenvalue weighted by Gasteiger charge is 2.25. The number of nitrogens with zero attached hydrogens (tertiary/aromatic N) is 5. The number of benzene rings is 1. The van der Waals surface area contributed by atoms with E-state index in [0.29, 0.717) is 24.7 Å². The van der Waals surface area contributed by atoms with Crippen LogP contribution in [0.5, 0.6) is 5.75 Å².